The molecule has 18 heavy (non-hydrogen) atoms. The molecule has 3 aromatic rings. The van der Waals surface area contributed by atoms with Crippen molar-refractivity contribution in [3.8, 4) is 5.69 Å². The van der Waals surface area contributed by atoms with Gasteiger partial charge in [-0.15, -0.1) is 0 Å². The second-order valence-corrected chi connectivity index (χ2v) is 3.97. The normalized spacial score (nSPS) is 10.2. The zero-order chi connectivity index (χ0) is 11.8. The minimum atomic E-state index is -0.231. The van der Waals surface area contributed by atoms with E-state index in [2.05, 4.69) is 15.1 Å². The number of hydrogen-bond acceptors (Lipinski definition) is 3. The Morgan fingerprint density at radius 2 is 1.89 bits per heavy atom. The monoisotopic (exact) mass is 283 g/mol. The van der Waals surface area contributed by atoms with Crippen LogP contribution in [0.1, 0.15) is 0 Å². The fourth-order valence-corrected chi connectivity index (χ4v) is 1.90. The van der Waals surface area contributed by atoms with E-state index in [1.807, 2.05) is 30.3 Å². The molecular weight excluding hydrogens is 275 g/mol. The van der Waals surface area contributed by atoms with Crippen molar-refractivity contribution >= 4 is 23.3 Å². The number of H-pyrrole nitrogens is 2. The molecule has 2 N–H and O–H groups in total. The predicted octanol–water partition coefficient (Wildman–Crippen LogP) is -1.22. The number of aromatic nitrogens is 4. The van der Waals surface area contributed by atoms with E-state index >= 15 is 0 Å². The molecule has 0 amide bonds. The van der Waals surface area contributed by atoms with Crippen molar-refractivity contribution in [2.45, 2.75) is 0 Å². The molecule has 1 aromatic carbocycles. The number of hydrogen-bond donors (Lipinski definition) is 2. The van der Waals surface area contributed by atoms with Crippen LogP contribution in [0.25, 0.3) is 16.7 Å². The molecule has 0 atom stereocenters. The maximum Gasteiger partial charge on any atom is 1.00 e. The summed E-state index contributed by atoms with van der Waals surface area (Å²) >= 11 is 4.95. The van der Waals surface area contributed by atoms with Crippen LogP contribution in [0.5, 0.6) is 0 Å². The first kappa shape index (κ1) is 13.8. The van der Waals surface area contributed by atoms with Crippen molar-refractivity contribution in [1.29, 1.82) is 0 Å². The van der Waals surface area contributed by atoms with E-state index in [-0.39, 0.29) is 56.9 Å². The van der Waals surface area contributed by atoms with Crippen LogP contribution in [0.4, 0.5) is 0 Å². The zero-order valence-electron chi connectivity index (χ0n) is 9.68. The van der Waals surface area contributed by atoms with E-state index in [9.17, 15) is 4.79 Å². The van der Waals surface area contributed by atoms with Gasteiger partial charge in [-0.3, -0.25) is 9.78 Å². The van der Waals surface area contributed by atoms with Crippen molar-refractivity contribution < 1.29 is 51.4 Å². The van der Waals surface area contributed by atoms with Crippen LogP contribution in [-0.4, -0.2) is 19.7 Å². The first-order valence-electron chi connectivity index (χ1n) is 5.01. The van der Waals surface area contributed by atoms with Gasteiger partial charge in [0.1, 0.15) is 11.0 Å². The van der Waals surface area contributed by atoms with Gasteiger partial charge in [-0.1, -0.05) is 18.2 Å². The van der Waals surface area contributed by atoms with Crippen molar-refractivity contribution in [3.63, 3.8) is 0 Å². The number of benzene rings is 1. The Bertz CT molecular complexity index is 790. The van der Waals surface area contributed by atoms with Gasteiger partial charge in [0.15, 0.2) is 4.77 Å². The number of nitrogens with one attached hydrogen (secondary N) is 2. The molecular formula is C11H8KN4OS+. The summed E-state index contributed by atoms with van der Waals surface area (Å²) in [6.07, 6.45) is 1.52. The molecule has 0 unspecified atom stereocenters. The van der Waals surface area contributed by atoms with Gasteiger partial charge in [0.2, 0.25) is 0 Å². The smallest absolute Gasteiger partial charge is 0.316 e. The summed E-state index contributed by atoms with van der Waals surface area (Å²) in [6.45, 7) is 0. The van der Waals surface area contributed by atoms with E-state index in [0.717, 1.165) is 5.69 Å². The largest absolute Gasteiger partial charge is 1.00 e. The molecule has 0 radical (unpaired) electrons. The standard InChI is InChI=1S/C11H8N4OS.K/c16-10-8-6-12-15(7-4-2-1-3-5-7)9(8)13-11(17)14-10;/h1-6H,(H2,13,14,16,17);/q;+1. The molecule has 7 heteroatoms. The van der Waals surface area contributed by atoms with Gasteiger partial charge in [0.05, 0.1) is 11.9 Å². The molecule has 0 fully saturated rings. The Balaban J connectivity index is 0.00000120. The molecule has 0 aliphatic heterocycles. The molecule has 0 spiro atoms. The third-order valence-electron chi connectivity index (χ3n) is 2.47. The second-order valence-electron chi connectivity index (χ2n) is 3.56. The predicted molar refractivity (Wildman–Crippen MR) is 66.9 cm³/mol. The van der Waals surface area contributed by atoms with Crippen LogP contribution < -0.4 is 56.9 Å². The summed E-state index contributed by atoms with van der Waals surface area (Å²) in [7, 11) is 0. The van der Waals surface area contributed by atoms with Crippen LogP contribution >= 0.6 is 12.2 Å². The molecule has 84 valence electrons. The molecule has 0 bridgehead atoms. The Morgan fingerprint density at radius 3 is 2.61 bits per heavy atom. The van der Waals surface area contributed by atoms with Crippen LogP contribution in [0, 0.1) is 4.77 Å². The number of para-hydroxylation sites is 1. The van der Waals surface area contributed by atoms with Crippen molar-refractivity contribution in [3.05, 3.63) is 51.7 Å². The van der Waals surface area contributed by atoms with Crippen LogP contribution in [0.3, 0.4) is 0 Å². The minimum Gasteiger partial charge on any atom is -0.316 e. The van der Waals surface area contributed by atoms with E-state index in [1.54, 1.807) is 4.68 Å². The van der Waals surface area contributed by atoms with E-state index in [0.29, 0.717) is 15.8 Å². The van der Waals surface area contributed by atoms with Crippen LogP contribution in [0.15, 0.2) is 41.3 Å². The SMILES string of the molecule is O=c1[nH]c(=S)[nH]c2c1cnn2-c1ccccc1.[K+]. The van der Waals surface area contributed by atoms with E-state index in [1.165, 1.54) is 6.20 Å². The van der Waals surface area contributed by atoms with E-state index in [4.69, 9.17) is 12.2 Å². The number of rotatable bonds is 1. The first-order chi connectivity index (χ1) is 8.25. The van der Waals surface area contributed by atoms with Crippen molar-refractivity contribution in [2.24, 2.45) is 0 Å². The van der Waals surface area contributed by atoms with Crippen molar-refractivity contribution in [2.75, 3.05) is 0 Å². The number of fused-ring (bicyclic) bond motifs is 1. The summed E-state index contributed by atoms with van der Waals surface area (Å²) in [5.41, 5.74) is 1.25. The minimum absolute atomic E-state index is 0. The summed E-state index contributed by atoms with van der Waals surface area (Å²) in [4.78, 5) is 17.1. The van der Waals surface area contributed by atoms with Gasteiger partial charge in [0.25, 0.3) is 5.56 Å². The van der Waals surface area contributed by atoms with Gasteiger partial charge in [0, 0.05) is 0 Å². The molecule has 0 saturated carbocycles. The van der Waals surface area contributed by atoms with Crippen LogP contribution in [-0.2, 0) is 0 Å². The Hall–Kier alpha value is -0.574. The Morgan fingerprint density at radius 1 is 1.17 bits per heavy atom. The average Bonchev–Trinajstić information content (AvgIpc) is 2.74. The van der Waals surface area contributed by atoms with E-state index < -0.39 is 0 Å². The molecule has 2 heterocycles. The van der Waals surface area contributed by atoms with Gasteiger partial charge >= 0.3 is 51.4 Å². The molecule has 3 rings (SSSR count). The van der Waals surface area contributed by atoms with Gasteiger partial charge in [-0.25, -0.2) is 4.68 Å². The Labute approximate surface area is 150 Å². The quantitative estimate of drug-likeness (QED) is 0.434. The zero-order valence-corrected chi connectivity index (χ0v) is 13.6. The van der Waals surface area contributed by atoms with Crippen molar-refractivity contribution in [1.82, 2.24) is 19.7 Å². The summed E-state index contributed by atoms with van der Waals surface area (Å²) in [6, 6.07) is 9.55. The summed E-state index contributed by atoms with van der Waals surface area (Å²) in [5, 5.41) is 4.68. The van der Waals surface area contributed by atoms with Gasteiger partial charge in [-0.05, 0) is 24.4 Å². The third-order valence-corrected chi connectivity index (χ3v) is 2.68. The number of nitrogens with zero attached hydrogens (tertiary/aromatic N) is 2. The molecule has 5 nitrogen and oxygen atoms in total. The third kappa shape index (κ3) is 2.42. The molecule has 2 aromatic heterocycles. The van der Waals surface area contributed by atoms with Gasteiger partial charge in [-0.2, -0.15) is 5.10 Å². The second kappa shape index (κ2) is 5.60. The Kier molecular flexibility index (Phi) is 4.31. The summed E-state index contributed by atoms with van der Waals surface area (Å²) < 4.78 is 1.94. The first-order valence-corrected chi connectivity index (χ1v) is 5.42. The topological polar surface area (TPSA) is 66.5 Å². The molecule has 0 aliphatic carbocycles. The maximum atomic E-state index is 11.6. The molecule has 0 saturated heterocycles. The average molecular weight is 283 g/mol. The maximum absolute atomic E-state index is 11.6. The van der Waals surface area contributed by atoms with Crippen LogP contribution in [0.2, 0.25) is 0 Å². The molecule has 0 aliphatic rings. The fourth-order valence-electron chi connectivity index (χ4n) is 1.71. The van der Waals surface area contributed by atoms with Gasteiger partial charge < -0.3 is 4.98 Å². The fraction of sp³-hybridized carbons (Fsp3) is 0. The summed E-state index contributed by atoms with van der Waals surface area (Å²) in [5.74, 6) is 0. The number of aromatic amines is 2.